The van der Waals surface area contributed by atoms with Gasteiger partial charge in [-0.25, -0.2) is 4.99 Å². The third-order valence-electron chi connectivity index (χ3n) is 3.56. The molecule has 0 amide bonds. The Bertz CT molecular complexity index is 609. The van der Waals surface area contributed by atoms with E-state index in [9.17, 15) is 4.79 Å². The number of rotatable bonds is 4. The van der Waals surface area contributed by atoms with Gasteiger partial charge < -0.3 is 9.88 Å². The lowest BCUT2D eigenvalue weighted by atomic mass is 10.1. The molecule has 0 aromatic carbocycles. The molecule has 2 heterocycles. The summed E-state index contributed by atoms with van der Waals surface area (Å²) in [6.45, 7) is 13.4. The van der Waals surface area contributed by atoms with Crippen molar-refractivity contribution in [2.75, 3.05) is 0 Å². The van der Waals surface area contributed by atoms with Crippen LogP contribution in [-0.2, 0) is 13.1 Å². The van der Waals surface area contributed by atoms with Crippen LogP contribution in [0.5, 0.6) is 0 Å². The van der Waals surface area contributed by atoms with E-state index in [1.165, 1.54) is 0 Å². The molecule has 1 aromatic heterocycles. The van der Waals surface area contributed by atoms with Crippen LogP contribution in [0.1, 0.15) is 32.0 Å². The molecule has 102 valence electrons. The fourth-order valence-electron chi connectivity index (χ4n) is 2.17. The van der Waals surface area contributed by atoms with Crippen LogP contribution in [-0.4, -0.2) is 10.3 Å². The zero-order valence-corrected chi connectivity index (χ0v) is 12.1. The van der Waals surface area contributed by atoms with Gasteiger partial charge in [-0.2, -0.15) is 0 Å². The zero-order chi connectivity index (χ0) is 14.2. The highest BCUT2D eigenvalue weighted by molar-refractivity contribution is 5.87. The Balaban J connectivity index is 2.27. The molecule has 0 saturated heterocycles. The SMILES string of the molecule is C=C(NCc1c(C)n2c(cc1=O)N=C(C)C2)C(C)C. The second-order valence-electron chi connectivity index (χ2n) is 5.40. The van der Waals surface area contributed by atoms with Crippen molar-refractivity contribution in [2.45, 2.75) is 40.8 Å². The molecule has 1 aliphatic rings. The fraction of sp³-hybridized carbons (Fsp3) is 0.467. The van der Waals surface area contributed by atoms with Crippen molar-refractivity contribution in [1.29, 1.82) is 0 Å². The molecule has 0 spiro atoms. The van der Waals surface area contributed by atoms with Gasteiger partial charge in [-0.1, -0.05) is 20.4 Å². The first-order chi connectivity index (χ1) is 8.90. The summed E-state index contributed by atoms with van der Waals surface area (Å²) in [6, 6.07) is 1.62. The second-order valence-corrected chi connectivity index (χ2v) is 5.40. The van der Waals surface area contributed by atoms with Crippen molar-refractivity contribution in [3.63, 3.8) is 0 Å². The molecule has 0 unspecified atom stereocenters. The van der Waals surface area contributed by atoms with Crippen LogP contribution in [0.15, 0.2) is 28.1 Å². The Morgan fingerprint density at radius 1 is 1.53 bits per heavy atom. The van der Waals surface area contributed by atoms with E-state index in [1.807, 2.05) is 13.8 Å². The predicted molar refractivity (Wildman–Crippen MR) is 79.0 cm³/mol. The van der Waals surface area contributed by atoms with Crippen LogP contribution in [0, 0.1) is 12.8 Å². The molecule has 0 saturated carbocycles. The molecular weight excluding hydrogens is 238 g/mol. The maximum atomic E-state index is 12.1. The van der Waals surface area contributed by atoms with Crippen molar-refractivity contribution < 1.29 is 0 Å². The number of allylic oxidation sites excluding steroid dienone is 1. The summed E-state index contributed by atoms with van der Waals surface area (Å²) in [5, 5.41) is 3.24. The van der Waals surface area contributed by atoms with Gasteiger partial charge in [0.1, 0.15) is 5.82 Å². The zero-order valence-electron chi connectivity index (χ0n) is 12.1. The Hall–Kier alpha value is -1.84. The fourth-order valence-corrected chi connectivity index (χ4v) is 2.17. The Morgan fingerprint density at radius 3 is 2.84 bits per heavy atom. The van der Waals surface area contributed by atoms with E-state index in [0.717, 1.165) is 35.0 Å². The average molecular weight is 259 g/mol. The Labute approximate surface area is 113 Å². The maximum absolute atomic E-state index is 12.1. The highest BCUT2D eigenvalue weighted by Crippen LogP contribution is 2.21. The lowest BCUT2D eigenvalue weighted by Crippen LogP contribution is -2.24. The average Bonchev–Trinajstić information content (AvgIpc) is 2.69. The van der Waals surface area contributed by atoms with Crippen LogP contribution in [0.4, 0.5) is 5.82 Å². The van der Waals surface area contributed by atoms with Crippen molar-refractivity contribution in [1.82, 2.24) is 9.88 Å². The summed E-state index contributed by atoms with van der Waals surface area (Å²) >= 11 is 0. The van der Waals surface area contributed by atoms with Gasteiger partial charge in [0, 0.05) is 35.3 Å². The van der Waals surface area contributed by atoms with Crippen molar-refractivity contribution >= 4 is 11.5 Å². The molecule has 0 fully saturated rings. The quantitative estimate of drug-likeness (QED) is 0.903. The van der Waals surface area contributed by atoms with Gasteiger partial charge >= 0.3 is 0 Å². The standard InChI is InChI=1S/C15H21N3O/c1-9(2)11(4)16-7-13-12(5)18-8-10(3)17-15(18)6-14(13)19/h6,9,16H,4,7-8H2,1-3,5H3. The maximum Gasteiger partial charge on any atom is 0.189 e. The molecule has 0 aliphatic carbocycles. The number of hydrogen-bond acceptors (Lipinski definition) is 3. The van der Waals surface area contributed by atoms with E-state index in [-0.39, 0.29) is 5.43 Å². The number of pyridine rings is 1. The highest BCUT2D eigenvalue weighted by atomic mass is 16.1. The molecule has 1 aromatic rings. The summed E-state index contributed by atoms with van der Waals surface area (Å²) in [5.41, 5.74) is 3.84. The molecule has 0 bridgehead atoms. The van der Waals surface area contributed by atoms with Gasteiger partial charge in [-0.15, -0.1) is 0 Å². The molecule has 19 heavy (non-hydrogen) atoms. The number of fused-ring (bicyclic) bond motifs is 1. The van der Waals surface area contributed by atoms with E-state index >= 15 is 0 Å². The molecule has 4 heteroatoms. The minimum Gasteiger partial charge on any atom is -0.384 e. The predicted octanol–water partition coefficient (Wildman–Crippen LogP) is 2.52. The van der Waals surface area contributed by atoms with Gasteiger partial charge in [0.25, 0.3) is 0 Å². The first kappa shape index (κ1) is 13.6. The van der Waals surface area contributed by atoms with Crippen LogP contribution in [0.25, 0.3) is 0 Å². The smallest absolute Gasteiger partial charge is 0.189 e. The Kier molecular flexibility index (Phi) is 3.60. The van der Waals surface area contributed by atoms with E-state index in [0.29, 0.717) is 12.5 Å². The van der Waals surface area contributed by atoms with Gasteiger partial charge in [0.05, 0.1) is 6.54 Å². The molecule has 4 nitrogen and oxygen atoms in total. The van der Waals surface area contributed by atoms with Crippen LogP contribution < -0.4 is 10.7 Å². The van der Waals surface area contributed by atoms with Gasteiger partial charge in [0.2, 0.25) is 0 Å². The van der Waals surface area contributed by atoms with Crippen molar-refractivity contribution in [2.24, 2.45) is 10.9 Å². The number of hydrogen-bond donors (Lipinski definition) is 1. The molecule has 0 atom stereocenters. The summed E-state index contributed by atoms with van der Waals surface area (Å²) in [7, 11) is 0. The topological polar surface area (TPSA) is 46.4 Å². The normalized spacial score (nSPS) is 13.4. The third kappa shape index (κ3) is 2.62. The van der Waals surface area contributed by atoms with Gasteiger partial charge in [0.15, 0.2) is 5.43 Å². The number of aliphatic imine (C=N–C) groups is 1. The van der Waals surface area contributed by atoms with Crippen molar-refractivity contribution in [3.8, 4) is 0 Å². The van der Waals surface area contributed by atoms with E-state index < -0.39 is 0 Å². The second kappa shape index (κ2) is 5.03. The molecule has 2 rings (SSSR count). The van der Waals surface area contributed by atoms with Crippen molar-refractivity contribution in [3.05, 3.63) is 39.8 Å². The first-order valence-electron chi connectivity index (χ1n) is 6.60. The third-order valence-corrected chi connectivity index (χ3v) is 3.56. The lowest BCUT2D eigenvalue weighted by Gasteiger charge is -2.16. The number of aromatic nitrogens is 1. The number of nitrogens with one attached hydrogen (secondary N) is 1. The molecule has 0 radical (unpaired) electrons. The monoisotopic (exact) mass is 259 g/mol. The van der Waals surface area contributed by atoms with Gasteiger partial charge in [-0.3, -0.25) is 4.79 Å². The van der Waals surface area contributed by atoms with Gasteiger partial charge in [-0.05, 0) is 19.8 Å². The van der Waals surface area contributed by atoms with E-state index in [1.54, 1.807) is 6.07 Å². The minimum absolute atomic E-state index is 0.0475. The summed E-state index contributed by atoms with van der Waals surface area (Å²) in [6.07, 6.45) is 0. The van der Waals surface area contributed by atoms with Crippen LogP contribution >= 0.6 is 0 Å². The Morgan fingerprint density at radius 2 is 2.21 bits per heavy atom. The molecular formula is C15H21N3O. The summed E-state index contributed by atoms with van der Waals surface area (Å²) < 4.78 is 2.09. The molecule has 1 N–H and O–H groups in total. The van der Waals surface area contributed by atoms with E-state index in [4.69, 9.17) is 0 Å². The van der Waals surface area contributed by atoms with E-state index in [2.05, 4.69) is 35.3 Å². The number of nitrogens with zero attached hydrogens (tertiary/aromatic N) is 2. The summed E-state index contributed by atoms with van der Waals surface area (Å²) in [5.74, 6) is 1.13. The highest BCUT2D eigenvalue weighted by Gasteiger charge is 2.16. The minimum atomic E-state index is 0.0475. The first-order valence-corrected chi connectivity index (χ1v) is 6.60. The largest absolute Gasteiger partial charge is 0.384 e. The van der Waals surface area contributed by atoms with Crippen LogP contribution in [0.3, 0.4) is 0 Å². The molecule has 1 aliphatic heterocycles. The summed E-state index contributed by atoms with van der Waals surface area (Å²) in [4.78, 5) is 16.5. The van der Waals surface area contributed by atoms with Crippen LogP contribution in [0.2, 0.25) is 0 Å². The lowest BCUT2D eigenvalue weighted by molar-refractivity contribution is 0.648.